The summed E-state index contributed by atoms with van der Waals surface area (Å²) in [7, 11) is 0. The first-order valence-corrected chi connectivity index (χ1v) is 8.52. The number of hydrogen-bond donors (Lipinski definition) is 1. The van der Waals surface area contributed by atoms with Crippen molar-refractivity contribution < 1.29 is 13.9 Å². The molecule has 6 nitrogen and oxygen atoms in total. The molecule has 0 radical (unpaired) electrons. The van der Waals surface area contributed by atoms with E-state index < -0.39 is 5.60 Å². The molecule has 1 aromatic carbocycles. The van der Waals surface area contributed by atoms with Gasteiger partial charge in [-0.25, -0.2) is 9.18 Å². The molecule has 1 aromatic rings. The van der Waals surface area contributed by atoms with Gasteiger partial charge in [0, 0.05) is 32.7 Å². The second-order valence-electron chi connectivity index (χ2n) is 7.04. The van der Waals surface area contributed by atoms with Crippen LogP contribution in [0.4, 0.5) is 9.18 Å². The molecule has 146 valence electrons. The Morgan fingerprint density at radius 1 is 1.19 bits per heavy atom. The quantitative estimate of drug-likeness (QED) is 0.412. The molecule has 8 heteroatoms. The SMILES string of the molecule is CC(C)(C)OC(=O)N1CCN(C(N)=NCCc2ccccc2F)CC1.I. The number of carbonyl (C=O) groups is 1. The summed E-state index contributed by atoms with van der Waals surface area (Å²) in [5.74, 6) is 0.211. The lowest BCUT2D eigenvalue weighted by atomic mass is 10.1. The van der Waals surface area contributed by atoms with Crippen LogP contribution in [0.25, 0.3) is 0 Å². The lowest BCUT2D eigenvalue weighted by molar-refractivity contribution is 0.0186. The summed E-state index contributed by atoms with van der Waals surface area (Å²) in [5.41, 5.74) is 6.16. The van der Waals surface area contributed by atoms with Gasteiger partial charge in [-0.05, 0) is 38.8 Å². The van der Waals surface area contributed by atoms with E-state index in [2.05, 4.69) is 4.99 Å². The van der Waals surface area contributed by atoms with Crippen molar-refractivity contribution in [3.8, 4) is 0 Å². The highest BCUT2D eigenvalue weighted by Crippen LogP contribution is 2.12. The second-order valence-corrected chi connectivity index (χ2v) is 7.04. The van der Waals surface area contributed by atoms with E-state index in [1.165, 1.54) is 6.07 Å². The van der Waals surface area contributed by atoms with Crippen LogP contribution in [0.15, 0.2) is 29.3 Å². The highest BCUT2D eigenvalue weighted by molar-refractivity contribution is 14.0. The summed E-state index contributed by atoms with van der Waals surface area (Å²) < 4.78 is 18.9. The Balaban J connectivity index is 0.00000338. The predicted molar refractivity (Wildman–Crippen MR) is 111 cm³/mol. The maximum absolute atomic E-state index is 13.6. The standard InChI is InChI=1S/C18H27FN4O2.HI/c1-18(2,3)25-17(24)23-12-10-22(11-13-23)16(20)21-9-8-14-6-4-5-7-15(14)19;/h4-7H,8-13H2,1-3H3,(H2,20,21);1H. The van der Waals surface area contributed by atoms with Crippen molar-refractivity contribution in [3.63, 3.8) is 0 Å². The van der Waals surface area contributed by atoms with Gasteiger partial charge in [0.25, 0.3) is 0 Å². The topological polar surface area (TPSA) is 71.2 Å². The second kappa shape index (κ2) is 9.94. The normalized spacial score (nSPS) is 15.5. The van der Waals surface area contributed by atoms with Crippen LogP contribution in [0.5, 0.6) is 0 Å². The number of carbonyl (C=O) groups excluding carboxylic acids is 1. The molecule has 1 fully saturated rings. The van der Waals surface area contributed by atoms with Crippen LogP contribution in [-0.2, 0) is 11.2 Å². The lowest BCUT2D eigenvalue weighted by Gasteiger charge is -2.36. The van der Waals surface area contributed by atoms with Gasteiger partial charge in [0.15, 0.2) is 5.96 Å². The van der Waals surface area contributed by atoms with E-state index in [0.717, 1.165) is 0 Å². The number of piperazine rings is 1. The molecule has 0 aliphatic carbocycles. The maximum Gasteiger partial charge on any atom is 0.410 e. The third kappa shape index (κ3) is 6.97. The summed E-state index contributed by atoms with van der Waals surface area (Å²) in [6.07, 6.45) is 0.202. The number of nitrogens with zero attached hydrogens (tertiary/aromatic N) is 3. The average Bonchev–Trinajstić information content (AvgIpc) is 2.55. The molecule has 0 saturated carbocycles. The van der Waals surface area contributed by atoms with Crippen molar-refractivity contribution in [2.75, 3.05) is 32.7 Å². The number of benzene rings is 1. The molecule has 2 rings (SSSR count). The summed E-state index contributed by atoms with van der Waals surface area (Å²) in [6, 6.07) is 6.67. The van der Waals surface area contributed by atoms with E-state index >= 15 is 0 Å². The van der Waals surface area contributed by atoms with Crippen molar-refractivity contribution in [2.45, 2.75) is 32.8 Å². The first-order valence-electron chi connectivity index (χ1n) is 8.52. The first-order chi connectivity index (χ1) is 11.8. The van der Waals surface area contributed by atoms with Gasteiger partial charge in [-0.1, -0.05) is 18.2 Å². The molecule has 0 spiro atoms. The Labute approximate surface area is 171 Å². The molecule has 1 aliphatic heterocycles. The molecular formula is C18H28FIN4O2. The molecule has 0 atom stereocenters. The number of guanidine groups is 1. The average molecular weight is 478 g/mol. The number of aliphatic imine (C=N–C) groups is 1. The van der Waals surface area contributed by atoms with Crippen molar-refractivity contribution in [1.29, 1.82) is 0 Å². The molecule has 1 aliphatic rings. The Morgan fingerprint density at radius 2 is 1.77 bits per heavy atom. The van der Waals surface area contributed by atoms with E-state index in [0.29, 0.717) is 50.7 Å². The third-order valence-electron chi connectivity index (χ3n) is 3.87. The Morgan fingerprint density at radius 3 is 2.35 bits per heavy atom. The zero-order valence-corrected chi connectivity index (χ0v) is 17.9. The molecule has 0 bridgehead atoms. The summed E-state index contributed by atoms with van der Waals surface area (Å²) in [6.45, 7) is 8.27. The summed E-state index contributed by atoms with van der Waals surface area (Å²) >= 11 is 0. The lowest BCUT2D eigenvalue weighted by Crippen LogP contribution is -2.53. The largest absolute Gasteiger partial charge is 0.444 e. The number of halogens is 2. The number of amides is 1. The van der Waals surface area contributed by atoms with E-state index in [1.54, 1.807) is 23.1 Å². The number of rotatable bonds is 3. The molecule has 0 aromatic heterocycles. The van der Waals surface area contributed by atoms with Crippen LogP contribution in [0.3, 0.4) is 0 Å². The van der Waals surface area contributed by atoms with Crippen LogP contribution >= 0.6 is 24.0 Å². The first kappa shape index (κ1) is 22.5. The van der Waals surface area contributed by atoms with Crippen LogP contribution in [-0.4, -0.2) is 60.2 Å². The molecule has 26 heavy (non-hydrogen) atoms. The minimum atomic E-state index is -0.499. The van der Waals surface area contributed by atoms with Crippen LogP contribution in [0.1, 0.15) is 26.3 Å². The maximum atomic E-state index is 13.6. The highest BCUT2D eigenvalue weighted by atomic mass is 127. The van der Waals surface area contributed by atoms with Gasteiger partial charge in [-0.2, -0.15) is 0 Å². The van der Waals surface area contributed by atoms with Crippen molar-refractivity contribution >= 4 is 36.0 Å². The van der Waals surface area contributed by atoms with Gasteiger partial charge in [-0.3, -0.25) is 4.99 Å². The number of hydrogen-bond acceptors (Lipinski definition) is 3. The van der Waals surface area contributed by atoms with Crippen molar-refractivity contribution in [2.24, 2.45) is 10.7 Å². The fourth-order valence-corrected chi connectivity index (χ4v) is 2.54. The van der Waals surface area contributed by atoms with Crippen molar-refractivity contribution in [1.82, 2.24) is 9.80 Å². The minimum absolute atomic E-state index is 0. The van der Waals surface area contributed by atoms with Crippen molar-refractivity contribution in [3.05, 3.63) is 35.6 Å². The zero-order valence-electron chi connectivity index (χ0n) is 15.6. The van der Waals surface area contributed by atoms with E-state index in [9.17, 15) is 9.18 Å². The van der Waals surface area contributed by atoms with Crippen LogP contribution in [0, 0.1) is 5.82 Å². The molecule has 1 heterocycles. The Hall–Kier alpha value is -1.58. The fraction of sp³-hybridized carbons (Fsp3) is 0.556. The Kier molecular flexibility index (Phi) is 8.58. The van der Waals surface area contributed by atoms with Crippen LogP contribution < -0.4 is 5.73 Å². The monoisotopic (exact) mass is 478 g/mol. The van der Waals surface area contributed by atoms with E-state index in [4.69, 9.17) is 10.5 Å². The van der Waals surface area contributed by atoms with E-state index in [1.807, 2.05) is 25.7 Å². The molecule has 1 saturated heterocycles. The van der Waals surface area contributed by atoms with Crippen LogP contribution in [0.2, 0.25) is 0 Å². The smallest absolute Gasteiger partial charge is 0.410 e. The number of nitrogens with two attached hydrogens (primary N) is 1. The molecule has 1 amide bonds. The highest BCUT2D eigenvalue weighted by Gasteiger charge is 2.26. The van der Waals surface area contributed by atoms with E-state index in [-0.39, 0.29) is 35.9 Å². The minimum Gasteiger partial charge on any atom is -0.444 e. The van der Waals surface area contributed by atoms with Gasteiger partial charge < -0.3 is 20.3 Å². The molecular weight excluding hydrogens is 450 g/mol. The number of ether oxygens (including phenoxy) is 1. The molecule has 0 unspecified atom stereocenters. The summed E-state index contributed by atoms with van der Waals surface area (Å²) in [4.78, 5) is 20.0. The van der Waals surface area contributed by atoms with Gasteiger partial charge >= 0.3 is 6.09 Å². The molecule has 2 N–H and O–H groups in total. The predicted octanol–water partition coefficient (Wildman–Crippen LogP) is 2.85. The Bertz CT molecular complexity index is 626. The van der Waals surface area contributed by atoms with Gasteiger partial charge in [0.2, 0.25) is 0 Å². The zero-order chi connectivity index (χ0) is 18.4. The summed E-state index contributed by atoms with van der Waals surface area (Å²) in [5, 5.41) is 0. The van der Waals surface area contributed by atoms with Gasteiger partial charge in [0.05, 0.1) is 0 Å². The third-order valence-corrected chi connectivity index (χ3v) is 3.87. The van der Waals surface area contributed by atoms with Gasteiger partial charge in [0.1, 0.15) is 11.4 Å². The van der Waals surface area contributed by atoms with Gasteiger partial charge in [-0.15, -0.1) is 24.0 Å². The fourth-order valence-electron chi connectivity index (χ4n) is 2.54.